The van der Waals surface area contributed by atoms with Crippen LogP contribution in [0, 0.1) is 0 Å². The summed E-state index contributed by atoms with van der Waals surface area (Å²) in [6.45, 7) is 9.56. The van der Waals surface area contributed by atoms with Gasteiger partial charge < -0.3 is 0 Å². The first-order chi connectivity index (χ1) is 9.28. The van der Waals surface area contributed by atoms with Gasteiger partial charge in [0.2, 0.25) is 0 Å². The summed E-state index contributed by atoms with van der Waals surface area (Å²) in [7, 11) is 0. The van der Waals surface area contributed by atoms with Gasteiger partial charge in [-0.15, -0.1) is 11.3 Å². The molecule has 2 atom stereocenters. The van der Waals surface area contributed by atoms with E-state index in [1.54, 1.807) is 0 Å². The van der Waals surface area contributed by atoms with Crippen molar-refractivity contribution < 1.29 is 0 Å². The molecule has 1 aromatic heterocycles. The molecule has 19 heavy (non-hydrogen) atoms. The molecule has 0 aromatic carbocycles. The number of piperazine rings is 1. The van der Waals surface area contributed by atoms with Crippen LogP contribution in [-0.2, 0) is 6.42 Å². The van der Waals surface area contributed by atoms with Crippen LogP contribution in [0.4, 0.5) is 0 Å². The molecular formula is C15H25N3S. The zero-order chi connectivity index (χ0) is 13.2. The Bertz CT molecular complexity index is 417. The van der Waals surface area contributed by atoms with Crippen LogP contribution in [0.25, 0.3) is 0 Å². The highest BCUT2D eigenvalue weighted by Crippen LogP contribution is 2.29. The lowest BCUT2D eigenvalue weighted by molar-refractivity contribution is 0.0307. The lowest BCUT2D eigenvalue weighted by atomic mass is 9.99. The largest absolute Gasteiger partial charge is 0.298 e. The minimum Gasteiger partial charge on any atom is -0.298 e. The highest BCUT2D eigenvalue weighted by atomic mass is 32.1. The standard InChI is InChI=1S/C15H25N3S/c1-3-14-10-16-15(19-14)12(2)18-9-8-17-7-5-4-6-13(17)11-18/h10,12-13H,3-9,11H2,1-2H3. The van der Waals surface area contributed by atoms with Gasteiger partial charge in [-0.25, -0.2) is 4.98 Å². The molecule has 0 saturated carbocycles. The molecule has 2 fully saturated rings. The van der Waals surface area contributed by atoms with Crippen molar-refractivity contribution >= 4 is 11.3 Å². The summed E-state index contributed by atoms with van der Waals surface area (Å²) >= 11 is 1.90. The molecule has 0 radical (unpaired) electrons. The Labute approximate surface area is 120 Å². The Morgan fingerprint density at radius 3 is 3.05 bits per heavy atom. The third-order valence-electron chi connectivity index (χ3n) is 4.69. The molecular weight excluding hydrogens is 254 g/mol. The fraction of sp³-hybridized carbons (Fsp3) is 0.800. The lowest BCUT2D eigenvalue weighted by Crippen LogP contribution is -2.55. The van der Waals surface area contributed by atoms with E-state index >= 15 is 0 Å². The normalized spacial score (nSPS) is 27.2. The molecule has 0 aliphatic carbocycles. The number of piperidine rings is 1. The van der Waals surface area contributed by atoms with E-state index in [1.807, 2.05) is 11.3 Å². The summed E-state index contributed by atoms with van der Waals surface area (Å²) in [5.74, 6) is 0. The van der Waals surface area contributed by atoms with E-state index in [4.69, 9.17) is 0 Å². The van der Waals surface area contributed by atoms with E-state index < -0.39 is 0 Å². The minimum atomic E-state index is 0.495. The second-order valence-electron chi connectivity index (χ2n) is 5.87. The molecule has 2 aliphatic rings. The fourth-order valence-corrected chi connectivity index (χ4v) is 4.31. The predicted molar refractivity (Wildman–Crippen MR) is 80.7 cm³/mol. The van der Waals surface area contributed by atoms with Gasteiger partial charge in [0.05, 0.1) is 6.04 Å². The van der Waals surface area contributed by atoms with E-state index in [-0.39, 0.29) is 0 Å². The van der Waals surface area contributed by atoms with E-state index in [1.165, 1.54) is 55.3 Å². The summed E-state index contributed by atoms with van der Waals surface area (Å²) in [6, 6.07) is 1.30. The van der Waals surface area contributed by atoms with E-state index in [0.717, 1.165) is 12.5 Å². The van der Waals surface area contributed by atoms with Crippen molar-refractivity contribution in [1.82, 2.24) is 14.8 Å². The molecule has 1 aromatic rings. The first-order valence-electron chi connectivity index (χ1n) is 7.70. The van der Waals surface area contributed by atoms with Crippen molar-refractivity contribution in [3.05, 3.63) is 16.1 Å². The third kappa shape index (κ3) is 2.86. The van der Waals surface area contributed by atoms with Crippen LogP contribution in [0.2, 0.25) is 0 Å². The van der Waals surface area contributed by atoms with E-state index in [0.29, 0.717) is 6.04 Å². The minimum absolute atomic E-state index is 0.495. The molecule has 0 spiro atoms. The first-order valence-corrected chi connectivity index (χ1v) is 8.52. The van der Waals surface area contributed by atoms with Gasteiger partial charge in [-0.05, 0) is 32.7 Å². The van der Waals surface area contributed by atoms with Crippen LogP contribution in [0.1, 0.15) is 49.0 Å². The summed E-state index contributed by atoms with van der Waals surface area (Å²) in [5, 5.41) is 1.31. The fourth-order valence-electron chi connectivity index (χ4n) is 3.37. The van der Waals surface area contributed by atoms with E-state index in [2.05, 4.69) is 34.8 Å². The van der Waals surface area contributed by atoms with Crippen molar-refractivity contribution in [2.24, 2.45) is 0 Å². The van der Waals surface area contributed by atoms with Crippen molar-refractivity contribution in [3.63, 3.8) is 0 Å². The lowest BCUT2D eigenvalue weighted by Gasteiger charge is -2.45. The number of hydrogen-bond acceptors (Lipinski definition) is 4. The summed E-state index contributed by atoms with van der Waals surface area (Å²) in [6.07, 6.45) is 7.38. The van der Waals surface area contributed by atoms with Gasteiger partial charge in [0.15, 0.2) is 0 Å². The van der Waals surface area contributed by atoms with Crippen molar-refractivity contribution in [2.75, 3.05) is 26.2 Å². The van der Waals surface area contributed by atoms with Crippen LogP contribution in [0.5, 0.6) is 0 Å². The molecule has 3 nitrogen and oxygen atoms in total. The van der Waals surface area contributed by atoms with Crippen LogP contribution in [-0.4, -0.2) is 47.0 Å². The molecule has 0 N–H and O–H groups in total. The van der Waals surface area contributed by atoms with Gasteiger partial charge in [-0.3, -0.25) is 9.80 Å². The topological polar surface area (TPSA) is 19.4 Å². The maximum Gasteiger partial charge on any atom is 0.110 e. The van der Waals surface area contributed by atoms with Crippen LogP contribution in [0.15, 0.2) is 6.20 Å². The van der Waals surface area contributed by atoms with E-state index in [9.17, 15) is 0 Å². The van der Waals surface area contributed by atoms with Crippen LogP contribution < -0.4 is 0 Å². The number of nitrogens with zero attached hydrogens (tertiary/aromatic N) is 3. The molecule has 2 unspecified atom stereocenters. The number of rotatable bonds is 3. The van der Waals surface area contributed by atoms with Crippen molar-refractivity contribution in [3.8, 4) is 0 Å². The molecule has 3 rings (SSSR count). The number of hydrogen-bond donors (Lipinski definition) is 0. The highest BCUT2D eigenvalue weighted by Gasteiger charge is 2.31. The molecule has 106 valence electrons. The maximum absolute atomic E-state index is 4.63. The van der Waals surface area contributed by atoms with Gasteiger partial charge in [0.25, 0.3) is 0 Å². The second-order valence-corrected chi connectivity index (χ2v) is 7.02. The van der Waals surface area contributed by atoms with Gasteiger partial charge in [-0.1, -0.05) is 13.3 Å². The zero-order valence-electron chi connectivity index (χ0n) is 12.1. The van der Waals surface area contributed by atoms with Crippen molar-refractivity contribution in [2.45, 2.75) is 51.6 Å². The zero-order valence-corrected chi connectivity index (χ0v) is 13.0. The highest BCUT2D eigenvalue weighted by molar-refractivity contribution is 7.11. The molecule has 2 aliphatic heterocycles. The first kappa shape index (κ1) is 13.5. The smallest absolute Gasteiger partial charge is 0.110 e. The van der Waals surface area contributed by atoms with Gasteiger partial charge in [0.1, 0.15) is 5.01 Å². The van der Waals surface area contributed by atoms with Gasteiger partial charge >= 0.3 is 0 Å². The van der Waals surface area contributed by atoms with Crippen molar-refractivity contribution in [1.29, 1.82) is 0 Å². The monoisotopic (exact) mass is 279 g/mol. The molecule has 3 heterocycles. The Balaban J connectivity index is 1.65. The average molecular weight is 279 g/mol. The van der Waals surface area contributed by atoms with Gasteiger partial charge in [-0.2, -0.15) is 0 Å². The summed E-state index contributed by atoms with van der Waals surface area (Å²) < 4.78 is 0. The summed E-state index contributed by atoms with van der Waals surface area (Å²) in [4.78, 5) is 11.4. The second kappa shape index (κ2) is 5.90. The molecule has 2 saturated heterocycles. The predicted octanol–water partition coefficient (Wildman–Crippen LogP) is 2.94. The maximum atomic E-state index is 4.63. The number of thiazole rings is 1. The van der Waals surface area contributed by atoms with Crippen LogP contribution in [0.3, 0.4) is 0 Å². The molecule has 0 amide bonds. The Morgan fingerprint density at radius 2 is 2.26 bits per heavy atom. The SMILES string of the molecule is CCc1cnc(C(C)N2CCN3CCCCC3C2)s1. The quantitative estimate of drug-likeness (QED) is 0.848. The number of fused-ring (bicyclic) bond motifs is 1. The van der Waals surface area contributed by atoms with Crippen LogP contribution >= 0.6 is 11.3 Å². The molecule has 4 heteroatoms. The Kier molecular flexibility index (Phi) is 4.20. The average Bonchev–Trinajstić information content (AvgIpc) is 2.95. The summed E-state index contributed by atoms with van der Waals surface area (Å²) in [5.41, 5.74) is 0. The third-order valence-corrected chi connectivity index (χ3v) is 6.01. The number of aromatic nitrogens is 1. The van der Waals surface area contributed by atoms with Gasteiger partial charge in [0, 0.05) is 36.8 Å². The number of aryl methyl sites for hydroxylation is 1. The molecule has 0 bridgehead atoms. The Hall–Kier alpha value is -0.450. The Morgan fingerprint density at radius 1 is 1.37 bits per heavy atom.